The molecule has 0 fully saturated rings. The number of nitrogens with zero attached hydrogens (tertiary/aromatic N) is 4. The first kappa shape index (κ1) is 21.6. The van der Waals surface area contributed by atoms with Gasteiger partial charge in [-0.1, -0.05) is 28.9 Å². The lowest BCUT2D eigenvalue weighted by atomic mass is 10.1. The molecule has 0 aliphatic rings. The van der Waals surface area contributed by atoms with E-state index in [1.165, 1.54) is 14.2 Å². The van der Waals surface area contributed by atoms with Gasteiger partial charge >= 0.3 is 5.97 Å². The van der Waals surface area contributed by atoms with Crippen LogP contribution in [0, 0.1) is 20.8 Å². The molecule has 0 saturated heterocycles. The summed E-state index contributed by atoms with van der Waals surface area (Å²) in [5.41, 5.74) is 4.20. The largest absolute Gasteiger partial charge is 0.496 e. The molecule has 0 radical (unpaired) electrons. The van der Waals surface area contributed by atoms with Crippen LogP contribution in [0.25, 0.3) is 28.7 Å². The average Bonchev–Trinajstić information content (AvgIpc) is 3.38. The van der Waals surface area contributed by atoms with Crippen molar-refractivity contribution in [3.8, 4) is 34.4 Å². The standard InChI is InChI=1S/C23H21ClN4O4/c1-12-7-6-8-17(24)20(12)28-13(2)19(25-14(28)3)22-26-21(27-32-22)16-10-9-15(23(29)31-5)11-18(16)30-4/h6-11H,1-5H3. The van der Waals surface area contributed by atoms with Crippen LogP contribution < -0.4 is 4.74 Å². The maximum atomic E-state index is 11.8. The number of aryl methyl sites for hydroxylation is 2. The zero-order valence-electron chi connectivity index (χ0n) is 18.3. The van der Waals surface area contributed by atoms with Crippen molar-refractivity contribution in [2.45, 2.75) is 20.8 Å². The van der Waals surface area contributed by atoms with Crippen molar-refractivity contribution in [2.75, 3.05) is 14.2 Å². The van der Waals surface area contributed by atoms with Gasteiger partial charge in [-0.15, -0.1) is 0 Å². The first-order valence-electron chi connectivity index (χ1n) is 9.78. The molecule has 164 valence electrons. The lowest BCUT2D eigenvalue weighted by molar-refractivity contribution is 0.0600. The second kappa shape index (κ2) is 8.47. The summed E-state index contributed by atoms with van der Waals surface area (Å²) in [7, 11) is 2.82. The van der Waals surface area contributed by atoms with Crippen molar-refractivity contribution in [1.29, 1.82) is 0 Å². The molecule has 8 nitrogen and oxygen atoms in total. The Morgan fingerprint density at radius 2 is 1.88 bits per heavy atom. The van der Waals surface area contributed by atoms with E-state index in [9.17, 15) is 4.79 Å². The van der Waals surface area contributed by atoms with Crippen LogP contribution in [0.1, 0.15) is 27.4 Å². The molecule has 2 aromatic carbocycles. The normalized spacial score (nSPS) is 10.9. The van der Waals surface area contributed by atoms with Crippen molar-refractivity contribution in [3.63, 3.8) is 0 Å². The van der Waals surface area contributed by atoms with Crippen LogP contribution in [0.3, 0.4) is 0 Å². The van der Waals surface area contributed by atoms with Gasteiger partial charge in [-0.2, -0.15) is 4.98 Å². The Labute approximate surface area is 189 Å². The summed E-state index contributed by atoms with van der Waals surface area (Å²) in [6, 6.07) is 10.6. The minimum Gasteiger partial charge on any atom is -0.496 e. The van der Waals surface area contributed by atoms with E-state index in [0.29, 0.717) is 33.4 Å². The van der Waals surface area contributed by atoms with Gasteiger partial charge in [-0.25, -0.2) is 9.78 Å². The van der Waals surface area contributed by atoms with E-state index in [-0.39, 0.29) is 5.89 Å². The van der Waals surface area contributed by atoms with Crippen LogP contribution in [0.4, 0.5) is 0 Å². The Hall–Kier alpha value is -3.65. The third-order valence-electron chi connectivity index (χ3n) is 5.18. The Balaban J connectivity index is 1.77. The fourth-order valence-electron chi connectivity index (χ4n) is 3.63. The van der Waals surface area contributed by atoms with Gasteiger partial charge in [0.05, 0.1) is 41.8 Å². The van der Waals surface area contributed by atoms with E-state index >= 15 is 0 Å². The number of benzene rings is 2. The number of carbonyl (C=O) groups is 1. The summed E-state index contributed by atoms with van der Waals surface area (Å²) in [5, 5.41) is 4.72. The SMILES string of the molecule is COC(=O)c1ccc(-c2noc(-c3nc(C)n(-c4c(C)cccc4Cl)c3C)n2)c(OC)c1. The molecular formula is C23H21ClN4O4. The van der Waals surface area contributed by atoms with E-state index < -0.39 is 5.97 Å². The second-order valence-electron chi connectivity index (χ2n) is 7.16. The topological polar surface area (TPSA) is 92.3 Å². The third kappa shape index (κ3) is 3.62. The fourth-order valence-corrected chi connectivity index (χ4v) is 3.94. The van der Waals surface area contributed by atoms with Gasteiger partial charge in [0.2, 0.25) is 5.82 Å². The van der Waals surface area contributed by atoms with E-state index in [2.05, 4.69) is 15.1 Å². The van der Waals surface area contributed by atoms with E-state index in [4.69, 9.17) is 25.6 Å². The van der Waals surface area contributed by atoms with Crippen molar-refractivity contribution < 1.29 is 18.8 Å². The number of rotatable bonds is 5. The molecule has 0 unspecified atom stereocenters. The van der Waals surface area contributed by atoms with Crippen LogP contribution in [-0.4, -0.2) is 39.9 Å². The van der Waals surface area contributed by atoms with E-state index in [0.717, 1.165) is 22.8 Å². The molecule has 0 saturated carbocycles. The second-order valence-corrected chi connectivity index (χ2v) is 7.57. The molecule has 0 aliphatic heterocycles. The van der Waals surface area contributed by atoms with Gasteiger partial charge in [-0.05, 0) is 50.6 Å². The molecule has 0 N–H and O–H groups in total. The maximum absolute atomic E-state index is 11.8. The van der Waals surface area contributed by atoms with Crippen LogP contribution in [0.5, 0.6) is 5.75 Å². The van der Waals surface area contributed by atoms with Gasteiger partial charge in [0.1, 0.15) is 17.3 Å². The number of hydrogen-bond donors (Lipinski definition) is 0. The quantitative estimate of drug-likeness (QED) is 0.395. The molecular weight excluding hydrogens is 432 g/mol. The molecule has 0 amide bonds. The Morgan fingerprint density at radius 3 is 2.56 bits per heavy atom. The summed E-state index contributed by atoms with van der Waals surface area (Å²) >= 11 is 6.48. The molecule has 4 aromatic rings. The molecule has 9 heteroatoms. The fraction of sp³-hybridized carbons (Fsp3) is 0.217. The summed E-state index contributed by atoms with van der Waals surface area (Å²) < 4.78 is 17.7. The van der Waals surface area contributed by atoms with Gasteiger partial charge in [0, 0.05) is 0 Å². The third-order valence-corrected chi connectivity index (χ3v) is 5.48. The molecule has 0 atom stereocenters. The Bertz CT molecular complexity index is 1310. The first-order chi connectivity index (χ1) is 15.3. The highest BCUT2D eigenvalue weighted by Crippen LogP contribution is 2.33. The highest BCUT2D eigenvalue weighted by atomic mass is 35.5. The number of methoxy groups -OCH3 is 2. The van der Waals surface area contributed by atoms with Crippen molar-refractivity contribution in [3.05, 3.63) is 64.1 Å². The lowest BCUT2D eigenvalue weighted by Crippen LogP contribution is -2.02. The Kier molecular flexibility index (Phi) is 5.71. The first-order valence-corrected chi connectivity index (χ1v) is 10.2. The number of hydrogen-bond acceptors (Lipinski definition) is 7. The maximum Gasteiger partial charge on any atom is 0.337 e. The van der Waals surface area contributed by atoms with E-state index in [1.54, 1.807) is 18.2 Å². The smallest absolute Gasteiger partial charge is 0.337 e. The molecule has 0 bridgehead atoms. The van der Waals surface area contributed by atoms with Gasteiger partial charge < -0.3 is 14.0 Å². The zero-order chi connectivity index (χ0) is 23.0. The molecule has 0 aliphatic carbocycles. The van der Waals surface area contributed by atoms with Gasteiger partial charge in [-0.3, -0.25) is 4.57 Å². The summed E-state index contributed by atoms with van der Waals surface area (Å²) in [4.78, 5) is 21.0. The number of ether oxygens (including phenoxy) is 2. The molecule has 2 heterocycles. The average molecular weight is 453 g/mol. The number of aromatic nitrogens is 4. The van der Waals surface area contributed by atoms with Crippen LogP contribution >= 0.6 is 11.6 Å². The summed E-state index contributed by atoms with van der Waals surface area (Å²) in [5.74, 6) is 1.28. The number of imidazole rings is 1. The van der Waals surface area contributed by atoms with Crippen LogP contribution in [0.15, 0.2) is 40.9 Å². The van der Waals surface area contributed by atoms with Crippen molar-refractivity contribution >= 4 is 17.6 Å². The van der Waals surface area contributed by atoms with Gasteiger partial charge in [0.15, 0.2) is 0 Å². The predicted octanol–water partition coefficient (Wildman–Crippen LogP) is 4.96. The number of esters is 1. The van der Waals surface area contributed by atoms with E-state index in [1.807, 2.05) is 43.5 Å². The number of para-hydroxylation sites is 1. The highest BCUT2D eigenvalue weighted by molar-refractivity contribution is 6.32. The summed E-state index contributed by atoms with van der Waals surface area (Å²) in [6.45, 7) is 5.81. The van der Waals surface area contributed by atoms with Crippen LogP contribution in [-0.2, 0) is 4.74 Å². The van der Waals surface area contributed by atoms with Crippen molar-refractivity contribution in [2.24, 2.45) is 0 Å². The van der Waals surface area contributed by atoms with Crippen molar-refractivity contribution in [1.82, 2.24) is 19.7 Å². The molecule has 4 rings (SSSR count). The molecule has 2 aromatic heterocycles. The van der Waals surface area contributed by atoms with Gasteiger partial charge in [0.25, 0.3) is 5.89 Å². The minimum absolute atomic E-state index is 0.267. The molecule has 32 heavy (non-hydrogen) atoms. The Morgan fingerprint density at radius 1 is 1.09 bits per heavy atom. The summed E-state index contributed by atoms with van der Waals surface area (Å²) in [6.07, 6.45) is 0. The highest BCUT2D eigenvalue weighted by Gasteiger charge is 2.23. The molecule has 0 spiro atoms. The number of carbonyl (C=O) groups excluding carboxylic acids is 1. The zero-order valence-corrected chi connectivity index (χ0v) is 19.0. The minimum atomic E-state index is -0.463. The predicted molar refractivity (Wildman–Crippen MR) is 119 cm³/mol. The monoisotopic (exact) mass is 452 g/mol. The lowest BCUT2D eigenvalue weighted by Gasteiger charge is -2.13. The van der Waals surface area contributed by atoms with Crippen LogP contribution in [0.2, 0.25) is 5.02 Å². The number of halogens is 1.